The quantitative estimate of drug-likeness (QED) is 0.582. The van der Waals surface area contributed by atoms with E-state index >= 15 is 0 Å². The van der Waals surface area contributed by atoms with Gasteiger partial charge in [0.15, 0.2) is 0 Å². The molecule has 3 nitrogen and oxygen atoms in total. The second-order valence-electron chi connectivity index (χ2n) is 5.15. The number of benzene rings is 1. The smallest absolute Gasteiger partial charge is 0.150 e. The Morgan fingerprint density at radius 1 is 1.16 bits per heavy atom. The molecule has 0 aromatic heterocycles. The minimum absolute atomic E-state index is 0.671. The van der Waals surface area contributed by atoms with Crippen molar-refractivity contribution in [3.63, 3.8) is 0 Å². The maximum Gasteiger partial charge on any atom is 0.150 e. The van der Waals surface area contributed by atoms with Gasteiger partial charge < -0.3 is 9.64 Å². The third kappa shape index (κ3) is 5.03. The molecule has 1 aromatic carbocycles. The summed E-state index contributed by atoms with van der Waals surface area (Å²) in [4.78, 5) is 13.2. The number of hydrogen-bond acceptors (Lipinski definition) is 3. The first-order valence-electron chi connectivity index (χ1n) is 7.29. The van der Waals surface area contributed by atoms with E-state index < -0.39 is 0 Å². The van der Waals surface area contributed by atoms with Gasteiger partial charge in [0.1, 0.15) is 12.0 Å². The molecular formula is C16H23NO2. The predicted molar refractivity (Wildman–Crippen MR) is 76.8 cm³/mol. The zero-order valence-electron chi connectivity index (χ0n) is 11.5. The Morgan fingerprint density at radius 3 is 2.68 bits per heavy atom. The van der Waals surface area contributed by atoms with Gasteiger partial charge in [0.25, 0.3) is 0 Å². The van der Waals surface area contributed by atoms with Crippen LogP contribution in [0.2, 0.25) is 0 Å². The first kappa shape index (κ1) is 14.1. The van der Waals surface area contributed by atoms with Gasteiger partial charge in [-0.25, -0.2) is 0 Å². The highest BCUT2D eigenvalue weighted by Crippen LogP contribution is 2.13. The molecule has 0 spiro atoms. The van der Waals surface area contributed by atoms with Crippen LogP contribution in [-0.4, -0.2) is 37.4 Å². The van der Waals surface area contributed by atoms with Gasteiger partial charge in [-0.05, 0) is 44.5 Å². The van der Waals surface area contributed by atoms with Gasteiger partial charge in [-0.1, -0.05) is 25.0 Å². The van der Waals surface area contributed by atoms with Gasteiger partial charge in [0.2, 0.25) is 0 Å². The lowest BCUT2D eigenvalue weighted by Crippen LogP contribution is -2.26. The number of hydrogen-bond donors (Lipinski definition) is 0. The SMILES string of the molecule is O=Cc1cccc(OCCCN2CCCCCC2)c1. The molecule has 1 fully saturated rings. The first-order chi connectivity index (χ1) is 9.38. The molecule has 0 aliphatic carbocycles. The molecule has 0 bridgehead atoms. The van der Waals surface area contributed by atoms with Gasteiger partial charge in [0.05, 0.1) is 6.61 Å². The molecule has 3 heteroatoms. The lowest BCUT2D eigenvalue weighted by molar-refractivity contribution is 0.112. The van der Waals surface area contributed by atoms with Crippen LogP contribution in [0.1, 0.15) is 42.5 Å². The highest BCUT2D eigenvalue weighted by Gasteiger charge is 2.08. The van der Waals surface area contributed by atoms with Gasteiger partial charge in [0, 0.05) is 12.1 Å². The highest BCUT2D eigenvalue weighted by molar-refractivity contribution is 5.75. The average Bonchev–Trinajstić information content (AvgIpc) is 2.72. The number of carbonyl (C=O) groups is 1. The maximum absolute atomic E-state index is 10.7. The van der Waals surface area contributed by atoms with Crippen molar-refractivity contribution in [2.45, 2.75) is 32.1 Å². The molecule has 0 amide bonds. The molecule has 1 saturated heterocycles. The van der Waals surface area contributed by atoms with E-state index in [2.05, 4.69) is 4.90 Å². The summed E-state index contributed by atoms with van der Waals surface area (Å²) in [7, 11) is 0. The molecule has 1 aliphatic rings. The minimum Gasteiger partial charge on any atom is -0.494 e. The van der Waals surface area contributed by atoms with Crippen molar-refractivity contribution in [2.24, 2.45) is 0 Å². The Kier molecular flexibility index (Phi) is 5.89. The summed E-state index contributed by atoms with van der Waals surface area (Å²) in [6.45, 7) is 4.31. The van der Waals surface area contributed by atoms with Crippen molar-refractivity contribution >= 4 is 6.29 Å². The Bertz CT molecular complexity index is 384. The van der Waals surface area contributed by atoms with Gasteiger partial charge in [-0.15, -0.1) is 0 Å². The van der Waals surface area contributed by atoms with E-state index in [1.165, 1.54) is 38.8 Å². The Balaban J connectivity index is 1.66. The Hall–Kier alpha value is -1.35. The van der Waals surface area contributed by atoms with E-state index in [4.69, 9.17) is 4.74 Å². The normalized spacial score (nSPS) is 16.8. The van der Waals surface area contributed by atoms with Crippen LogP contribution in [-0.2, 0) is 0 Å². The summed E-state index contributed by atoms with van der Waals surface area (Å²) in [5.74, 6) is 0.792. The second-order valence-corrected chi connectivity index (χ2v) is 5.15. The van der Waals surface area contributed by atoms with Gasteiger partial charge in [-0.2, -0.15) is 0 Å². The molecule has 1 aromatic rings. The number of rotatable bonds is 6. The number of likely N-dealkylation sites (tertiary alicyclic amines) is 1. The molecule has 1 heterocycles. The van der Waals surface area contributed by atoms with Gasteiger partial charge >= 0.3 is 0 Å². The molecule has 0 atom stereocenters. The van der Waals surface area contributed by atoms with Crippen LogP contribution < -0.4 is 4.74 Å². The predicted octanol–water partition coefficient (Wildman–Crippen LogP) is 3.14. The summed E-state index contributed by atoms with van der Waals surface area (Å²) < 4.78 is 5.69. The van der Waals surface area contributed by atoms with Crippen molar-refractivity contribution in [1.82, 2.24) is 4.90 Å². The summed E-state index contributed by atoms with van der Waals surface area (Å²) >= 11 is 0. The maximum atomic E-state index is 10.7. The van der Waals surface area contributed by atoms with E-state index in [-0.39, 0.29) is 0 Å². The molecule has 2 rings (SSSR count). The van der Waals surface area contributed by atoms with Crippen LogP contribution >= 0.6 is 0 Å². The molecular weight excluding hydrogens is 238 g/mol. The standard InChI is InChI=1S/C16H23NO2/c18-14-15-7-5-8-16(13-15)19-12-6-11-17-9-3-1-2-4-10-17/h5,7-8,13-14H,1-4,6,9-12H2. The summed E-state index contributed by atoms with van der Waals surface area (Å²) in [5.41, 5.74) is 0.671. The topological polar surface area (TPSA) is 29.5 Å². The van der Waals surface area contributed by atoms with Crippen molar-refractivity contribution in [3.05, 3.63) is 29.8 Å². The number of ether oxygens (including phenoxy) is 1. The number of aldehydes is 1. The average molecular weight is 261 g/mol. The van der Waals surface area contributed by atoms with E-state index in [0.717, 1.165) is 31.6 Å². The number of carbonyl (C=O) groups excluding carboxylic acids is 1. The molecule has 19 heavy (non-hydrogen) atoms. The van der Waals surface area contributed by atoms with E-state index in [9.17, 15) is 4.79 Å². The summed E-state index contributed by atoms with van der Waals surface area (Å²) in [6, 6.07) is 7.34. The molecule has 0 radical (unpaired) electrons. The zero-order valence-corrected chi connectivity index (χ0v) is 11.5. The van der Waals surface area contributed by atoms with Crippen molar-refractivity contribution in [1.29, 1.82) is 0 Å². The molecule has 0 saturated carbocycles. The Labute approximate surface area is 115 Å². The zero-order chi connectivity index (χ0) is 13.3. The van der Waals surface area contributed by atoms with Crippen LogP contribution in [0, 0.1) is 0 Å². The van der Waals surface area contributed by atoms with E-state index in [1.54, 1.807) is 12.1 Å². The van der Waals surface area contributed by atoms with E-state index in [1.807, 2.05) is 12.1 Å². The van der Waals surface area contributed by atoms with Crippen molar-refractivity contribution in [2.75, 3.05) is 26.2 Å². The van der Waals surface area contributed by atoms with E-state index in [0.29, 0.717) is 5.56 Å². The summed E-state index contributed by atoms with van der Waals surface area (Å²) in [6.07, 6.45) is 7.33. The lowest BCUT2D eigenvalue weighted by atomic mass is 10.2. The van der Waals surface area contributed by atoms with Gasteiger partial charge in [-0.3, -0.25) is 4.79 Å². The Morgan fingerprint density at radius 2 is 1.95 bits per heavy atom. The minimum atomic E-state index is 0.671. The van der Waals surface area contributed by atoms with Crippen LogP contribution in [0.5, 0.6) is 5.75 Å². The number of nitrogens with zero attached hydrogens (tertiary/aromatic N) is 1. The van der Waals surface area contributed by atoms with Crippen LogP contribution in [0.15, 0.2) is 24.3 Å². The van der Waals surface area contributed by atoms with Crippen LogP contribution in [0.25, 0.3) is 0 Å². The molecule has 1 aliphatic heterocycles. The van der Waals surface area contributed by atoms with Crippen molar-refractivity contribution < 1.29 is 9.53 Å². The summed E-state index contributed by atoms with van der Waals surface area (Å²) in [5, 5.41) is 0. The lowest BCUT2D eigenvalue weighted by Gasteiger charge is -2.19. The fourth-order valence-corrected chi connectivity index (χ4v) is 2.52. The van der Waals surface area contributed by atoms with Crippen molar-refractivity contribution in [3.8, 4) is 5.75 Å². The third-order valence-corrected chi connectivity index (χ3v) is 3.58. The first-order valence-corrected chi connectivity index (χ1v) is 7.29. The highest BCUT2D eigenvalue weighted by atomic mass is 16.5. The third-order valence-electron chi connectivity index (χ3n) is 3.58. The fourth-order valence-electron chi connectivity index (χ4n) is 2.52. The van der Waals surface area contributed by atoms with Crippen LogP contribution in [0.3, 0.4) is 0 Å². The molecule has 0 N–H and O–H groups in total. The largest absolute Gasteiger partial charge is 0.494 e. The fraction of sp³-hybridized carbons (Fsp3) is 0.562. The van der Waals surface area contributed by atoms with Crippen LogP contribution in [0.4, 0.5) is 0 Å². The second kappa shape index (κ2) is 7.95. The molecule has 0 unspecified atom stereocenters. The molecule has 104 valence electrons. The monoisotopic (exact) mass is 261 g/mol.